The molecule has 0 spiro atoms. The van der Waals surface area contributed by atoms with Gasteiger partial charge in [-0.2, -0.15) is 0 Å². The summed E-state index contributed by atoms with van der Waals surface area (Å²) < 4.78 is 22.5. The van der Waals surface area contributed by atoms with Gasteiger partial charge >= 0.3 is 17.9 Å². The molecule has 0 amide bonds. The molecule has 154 valence electrons. The van der Waals surface area contributed by atoms with Gasteiger partial charge in [-0.15, -0.1) is 11.8 Å². The van der Waals surface area contributed by atoms with Crippen LogP contribution in [0.1, 0.15) is 40.0 Å². The van der Waals surface area contributed by atoms with Gasteiger partial charge in [-0.3, -0.25) is 19.4 Å². The number of carbonyl (C=O) groups excluding carboxylic acids is 3. The molecular formula is C19H25NO7S. The number of esters is 3. The Hall–Kier alpha value is -2.29. The predicted molar refractivity (Wildman–Crippen MR) is 102 cm³/mol. The van der Waals surface area contributed by atoms with Crippen LogP contribution in [0.3, 0.4) is 0 Å². The van der Waals surface area contributed by atoms with Crippen molar-refractivity contribution in [2.45, 2.75) is 63.8 Å². The predicted octanol–water partition coefficient (Wildman–Crippen LogP) is 2.50. The summed E-state index contributed by atoms with van der Waals surface area (Å²) in [5.41, 5.74) is -0.647. The zero-order chi connectivity index (χ0) is 20.5. The summed E-state index contributed by atoms with van der Waals surface area (Å²) in [7, 11) is 0. The maximum atomic E-state index is 12.0. The number of carbonyl (C=O) groups is 3. The van der Waals surface area contributed by atoms with E-state index in [9.17, 15) is 14.4 Å². The summed E-state index contributed by atoms with van der Waals surface area (Å²) in [5, 5.41) is 0. The minimum atomic E-state index is -0.957. The van der Waals surface area contributed by atoms with Gasteiger partial charge < -0.3 is 18.9 Å². The first kappa shape index (κ1) is 22.0. The molecule has 1 aromatic rings. The molecule has 1 aliphatic rings. The van der Waals surface area contributed by atoms with Crippen LogP contribution < -0.4 is 4.74 Å². The third-order valence-electron chi connectivity index (χ3n) is 3.95. The summed E-state index contributed by atoms with van der Waals surface area (Å²) in [4.78, 5) is 39.8. The average molecular weight is 411 g/mol. The lowest BCUT2D eigenvalue weighted by Gasteiger charge is -2.40. The van der Waals surface area contributed by atoms with Gasteiger partial charge in [0.15, 0.2) is 23.7 Å². The molecule has 0 unspecified atom stereocenters. The fourth-order valence-corrected chi connectivity index (χ4v) is 3.70. The summed E-state index contributed by atoms with van der Waals surface area (Å²) in [6, 6.07) is 3.44. The van der Waals surface area contributed by atoms with E-state index in [1.54, 1.807) is 39.1 Å². The lowest BCUT2D eigenvalue weighted by atomic mass is 10.1. The van der Waals surface area contributed by atoms with Gasteiger partial charge in [0.2, 0.25) is 0 Å². The van der Waals surface area contributed by atoms with E-state index in [4.69, 9.17) is 18.9 Å². The van der Waals surface area contributed by atoms with Crippen LogP contribution in [-0.2, 0) is 28.6 Å². The lowest BCUT2D eigenvalue weighted by Crippen LogP contribution is -2.56. The van der Waals surface area contributed by atoms with Crippen LogP contribution in [0.2, 0.25) is 0 Å². The molecule has 8 nitrogen and oxygen atoms in total. The average Bonchev–Trinajstić information content (AvgIpc) is 2.72. The first-order chi connectivity index (χ1) is 13.5. The van der Waals surface area contributed by atoms with E-state index < -0.39 is 41.7 Å². The molecule has 1 fully saturated rings. The Kier molecular flexibility index (Phi) is 8.56. The van der Waals surface area contributed by atoms with Crippen LogP contribution >= 0.6 is 11.8 Å². The number of pyridine rings is 1. The van der Waals surface area contributed by atoms with E-state index in [0.29, 0.717) is 11.5 Å². The summed E-state index contributed by atoms with van der Waals surface area (Å²) in [6.45, 7) is 4.99. The number of hydrogen-bond acceptors (Lipinski definition) is 9. The van der Waals surface area contributed by atoms with Crippen LogP contribution in [0.25, 0.3) is 0 Å². The zero-order valence-electron chi connectivity index (χ0n) is 16.2. The number of hydrogen-bond donors (Lipinski definition) is 0. The number of nitrogens with zero attached hydrogens (tertiary/aromatic N) is 1. The van der Waals surface area contributed by atoms with Gasteiger partial charge in [-0.05, 0) is 12.1 Å². The molecule has 0 saturated carbocycles. The zero-order valence-corrected chi connectivity index (χ0v) is 17.0. The highest BCUT2D eigenvalue weighted by atomic mass is 32.2. The molecule has 1 aliphatic heterocycles. The Balaban J connectivity index is 2.28. The van der Waals surface area contributed by atoms with E-state index in [1.807, 2.05) is 0 Å². The van der Waals surface area contributed by atoms with Crippen molar-refractivity contribution in [1.82, 2.24) is 4.98 Å². The summed E-state index contributed by atoms with van der Waals surface area (Å²) in [5.74, 6) is -0.548. The molecule has 0 aliphatic carbocycles. The molecule has 1 saturated heterocycles. The van der Waals surface area contributed by atoms with Crippen LogP contribution in [0.5, 0.6) is 5.75 Å². The number of thioether (sulfide) groups is 1. The monoisotopic (exact) mass is 411 g/mol. The first-order valence-corrected chi connectivity index (χ1v) is 10.3. The molecule has 9 heteroatoms. The van der Waals surface area contributed by atoms with Crippen molar-refractivity contribution in [2.75, 3.05) is 5.75 Å². The molecule has 0 N–H and O–H groups in total. The highest BCUT2D eigenvalue weighted by molar-refractivity contribution is 7.99. The largest absolute Gasteiger partial charge is 0.474 e. The third-order valence-corrected chi connectivity index (χ3v) is 5.17. The molecule has 0 aromatic carbocycles. The van der Waals surface area contributed by atoms with Crippen molar-refractivity contribution in [2.24, 2.45) is 0 Å². The summed E-state index contributed by atoms with van der Waals surface area (Å²) in [6.07, 6.45) is 0.992. The van der Waals surface area contributed by atoms with Gasteiger partial charge in [-0.1, -0.05) is 20.8 Å². The Labute approximate surface area is 168 Å². The van der Waals surface area contributed by atoms with E-state index in [1.165, 1.54) is 18.0 Å². The smallest absolute Gasteiger partial charge is 0.306 e. The van der Waals surface area contributed by atoms with Crippen molar-refractivity contribution in [3.8, 4) is 5.75 Å². The lowest BCUT2D eigenvalue weighted by molar-refractivity contribution is -0.189. The molecule has 28 heavy (non-hydrogen) atoms. The van der Waals surface area contributed by atoms with Gasteiger partial charge in [0.05, 0.1) is 6.20 Å². The molecule has 0 bridgehead atoms. The van der Waals surface area contributed by atoms with Gasteiger partial charge in [0.25, 0.3) is 0 Å². The standard InChI is InChI=1S/C19H25NO7S/c1-4-14(21)25-13-11-28-19(24-12-8-7-9-20-10-12)18(27-16(23)6-3)17(13)26-15(22)5-2/h7-10,13,17-19H,4-6,11H2,1-3H3/t13-,17+,18-,19-/m1/s1. The van der Waals surface area contributed by atoms with Crippen LogP contribution in [0, 0.1) is 0 Å². The van der Waals surface area contributed by atoms with Crippen LogP contribution in [-0.4, -0.2) is 52.4 Å². The fraction of sp³-hybridized carbons (Fsp3) is 0.579. The van der Waals surface area contributed by atoms with E-state index in [2.05, 4.69) is 4.98 Å². The molecule has 0 radical (unpaired) electrons. The SMILES string of the molecule is CCC(=O)O[C@@H]1[C@@H](OC(=O)CC)[C@H](OC(=O)CC)CS[C@H]1Oc1cccnc1. The molecule has 2 rings (SSSR count). The Morgan fingerprint density at radius 2 is 1.61 bits per heavy atom. The summed E-state index contributed by atoms with van der Waals surface area (Å²) >= 11 is 1.32. The Bertz CT molecular complexity index is 670. The van der Waals surface area contributed by atoms with Crippen molar-refractivity contribution in [3.05, 3.63) is 24.5 Å². The quantitative estimate of drug-likeness (QED) is 0.472. The second-order valence-electron chi connectivity index (χ2n) is 6.01. The number of ether oxygens (including phenoxy) is 4. The maximum absolute atomic E-state index is 12.0. The van der Waals surface area contributed by atoms with Crippen molar-refractivity contribution >= 4 is 29.7 Å². The topological polar surface area (TPSA) is 101 Å². The van der Waals surface area contributed by atoms with Gasteiger partial charge in [0.1, 0.15) is 5.75 Å². The fourth-order valence-electron chi connectivity index (χ4n) is 2.49. The maximum Gasteiger partial charge on any atom is 0.306 e. The normalized spacial score (nSPS) is 24.1. The number of aromatic nitrogens is 1. The first-order valence-electron chi connectivity index (χ1n) is 9.25. The Morgan fingerprint density at radius 1 is 1.00 bits per heavy atom. The minimum Gasteiger partial charge on any atom is -0.474 e. The molecular weight excluding hydrogens is 386 g/mol. The Morgan fingerprint density at radius 3 is 2.18 bits per heavy atom. The minimum absolute atomic E-state index is 0.140. The van der Waals surface area contributed by atoms with Crippen molar-refractivity contribution < 1.29 is 33.3 Å². The van der Waals surface area contributed by atoms with E-state index in [0.717, 1.165) is 0 Å². The highest BCUT2D eigenvalue weighted by Gasteiger charge is 2.48. The molecule has 4 atom stereocenters. The third kappa shape index (κ3) is 6.12. The van der Waals surface area contributed by atoms with Crippen LogP contribution in [0.15, 0.2) is 24.5 Å². The van der Waals surface area contributed by atoms with Crippen molar-refractivity contribution in [3.63, 3.8) is 0 Å². The van der Waals surface area contributed by atoms with E-state index >= 15 is 0 Å². The molecule has 2 heterocycles. The van der Waals surface area contributed by atoms with E-state index in [-0.39, 0.29) is 19.3 Å². The van der Waals surface area contributed by atoms with Crippen molar-refractivity contribution in [1.29, 1.82) is 0 Å². The molecule has 1 aromatic heterocycles. The second-order valence-corrected chi connectivity index (χ2v) is 7.14. The highest BCUT2D eigenvalue weighted by Crippen LogP contribution is 2.34. The van der Waals surface area contributed by atoms with Crippen LogP contribution in [0.4, 0.5) is 0 Å². The second kappa shape index (κ2) is 10.9. The van der Waals surface area contributed by atoms with Gasteiger partial charge in [-0.25, -0.2) is 0 Å². The number of rotatable bonds is 8. The van der Waals surface area contributed by atoms with Gasteiger partial charge in [0, 0.05) is 31.2 Å².